The largest absolute Gasteiger partial charge is 0.379 e. The van der Waals surface area contributed by atoms with Gasteiger partial charge in [-0.3, -0.25) is 0 Å². The van der Waals surface area contributed by atoms with Crippen molar-refractivity contribution >= 4 is 23.4 Å². The van der Waals surface area contributed by atoms with Gasteiger partial charge in [-0.2, -0.15) is 0 Å². The summed E-state index contributed by atoms with van der Waals surface area (Å²) < 4.78 is 11.1. The Morgan fingerprint density at radius 3 is 2.69 bits per heavy atom. The van der Waals surface area contributed by atoms with Crippen molar-refractivity contribution in [2.45, 2.75) is 39.2 Å². The Morgan fingerprint density at radius 2 is 1.94 bits per heavy atom. The number of morpholine rings is 1. The molecule has 188 valence electrons. The molecular weight excluding hydrogens is 442 g/mol. The number of hydrogen-bond acceptors (Lipinski definition) is 6. The quantitative estimate of drug-likeness (QED) is 0.641. The summed E-state index contributed by atoms with van der Waals surface area (Å²) in [6.07, 6.45) is 3.19. The number of nitrogens with one attached hydrogen (secondary N) is 2. The van der Waals surface area contributed by atoms with Crippen LogP contribution in [0.4, 0.5) is 22.1 Å². The molecule has 0 unspecified atom stereocenters. The summed E-state index contributed by atoms with van der Waals surface area (Å²) in [5.41, 5.74) is 4.16. The van der Waals surface area contributed by atoms with Crippen molar-refractivity contribution in [3.05, 3.63) is 35.9 Å². The Hall–Kier alpha value is -2.84. The molecular formula is C27H37N5O3. The van der Waals surface area contributed by atoms with Gasteiger partial charge in [0.1, 0.15) is 11.6 Å². The molecule has 3 aliphatic rings. The maximum absolute atomic E-state index is 12.9. The number of aryl methyl sites for hydroxylation is 1. The molecule has 8 heteroatoms. The Bertz CT molecular complexity index is 1030. The molecule has 0 aliphatic carbocycles. The molecule has 0 bridgehead atoms. The molecule has 2 aromatic rings. The fourth-order valence-electron chi connectivity index (χ4n) is 5.12. The summed E-state index contributed by atoms with van der Waals surface area (Å²) in [7, 11) is 0. The van der Waals surface area contributed by atoms with Gasteiger partial charge in [-0.05, 0) is 66.6 Å². The van der Waals surface area contributed by atoms with E-state index in [9.17, 15) is 4.79 Å². The van der Waals surface area contributed by atoms with Crippen LogP contribution in [0.2, 0.25) is 0 Å². The predicted octanol–water partition coefficient (Wildman–Crippen LogP) is 4.36. The topological polar surface area (TPSA) is 79.0 Å². The molecule has 2 amide bonds. The van der Waals surface area contributed by atoms with Gasteiger partial charge < -0.3 is 29.9 Å². The Kier molecular flexibility index (Phi) is 7.39. The zero-order valence-corrected chi connectivity index (χ0v) is 20.9. The van der Waals surface area contributed by atoms with Crippen LogP contribution in [-0.4, -0.2) is 74.6 Å². The number of rotatable bonds is 6. The third-order valence-electron chi connectivity index (χ3n) is 7.38. The van der Waals surface area contributed by atoms with Crippen LogP contribution in [0.5, 0.6) is 0 Å². The van der Waals surface area contributed by atoms with Crippen molar-refractivity contribution in [3.8, 4) is 11.1 Å². The van der Waals surface area contributed by atoms with E-state index >= 15 is 0 Å². The molecule has 5 rings (SSSR count). The van der Waals surface area contributed by atoms with Gasteiger partial charge in [0.15, 0.2) is 0 Å². The highest BCUT2D eigenvalue weighted by atomic mass is 16.5. The molecule has 4 heterocycles. The fourth-order valence-corrected chi connectivity index (χ4v) is 5.12. The van der Waals surface area contributed by atoms with E-state index in [2.05, 4.69) is 53.6 Å². The maximum Gasteiger partial charge on any atom is 0.321 e. The Balaban J connectivity index is 1.41. The van der Waals surface area contributed by atoms with Gasteiger partial charge >= 0.3 is 6.03 Å². The molecule has 1 aromatic heterocycles. The molecule has 2 N–H and O–H groups in total. The van der Waals surface area contributed by atoms with Crippen molar-refractivity contribution in [2.75, 3.05) is 68.1 Å². The number of ether oxygens (including phenoxy) is 2. The standard InChI is InChI=1S/C27H37N5O3/c1-3-20-6-8-32(17-20)27(33)29-22-5-4-19(2)24(16-22)21-14-25(28-23-7-11-35-18-23)30-26(15-21)31-9-12-34-13-10-31/h4-5,14-16,20,23H,3,6-13,17-18H2,1-2H3,(H,28,30)(H,29,33)/t20-,23-/m1/s1. The summed E-state index contributed by atoms with van der Waals surface area (Å²) in [6.45, 7) is 10.5. The second-order valence-corrected chi connectivity index (χ2v) is 9.87. The first-order valence-electron chi connectivity index (χ1n) is 12.9. The number of urea groups is 1. The van der Waals surface area contributed by atoms with E-state index in [4.69, 9.17) is 14.5 Å². The second-order valence-electron chi connectivity index (χ2n) is 9.87. The first-order chi connectivity index (χ1) is 17.1. The van der Waals surface area contributed by atoms with Gasteiger partial charge in [0.2, 0.25) is 0 Å². The average molecular weight is 480 g/mol. The first-order valence-corrected chi connectivity index (χ1v) is 12.9. The van der Waals surface area contributed by atoms with E-state index in [0.29, 0.717) is 25.7 Å². The number of nitrogens with zero attached hydrogens (tertiary/aromatic N) is 3. The van der Waals surface area contributed by atoms with Gasteiger partial charge in [0.25, 0.3) is 0 Å². The SMILES string of the molecule is CC[C@@H]1CCN(C(=O)Nc2ccc(C)c(-c3cc(N[C@@H]4CCOC4)nc(N4CCOCC4)c3)c2)C1. The van der Waals surface area contributed by atoms with E-state index < -0.39 is 0 Å². The number of anilines is 3. The lowest BCUT2D eigenvalue weighted by atomic mass is 10.00. The van der Waals surface area contributed by atoms with Crippen molar-refractivity contribution < 1.29 is 14.3 Å². The lowest BCUT2D eigenvalue weighted by Crippen LogP contribution is -2.37. The molecule has 8 nitrogen and oxygen atoms in total. The van der Waals surface area contributed by atoms with E-state index in [1.165, 1.54) is 0 Å². The normalized spacial score (nSPS) is 22.5. The fraction of sp³-hybridized carbons (Fsp3) is 0.556. The molecule has 2 atom stereocenters. The van der Waals surface area contributed by atoms with Crippen LogP contribution in [0.25, 0.3) is 11.1 Å². The predicted molar refractivity (Wildman–Crippen MR) is 139 cm³/mol. The molecule has 0 radical (unpaired) electrons. The minimum atomic E-state index is -0.0110. The number of amides is 2. The highest BCUT2D eigenvalue weighted by molar-refractivity contribution is 5.91. The Morgan fingerprint density at radius 1 is 1.09 bits per heavy atom. The minimum Gasteiger partial charge on any atom is -0.379 e. The number of hydrogen-bond donors (Lipinski definition) is 2. The minimum absolute atomic E-state index is 0.0110. The van der Waals surface area contributed by atoms with Gasteiger partial charge in [-0.25, -0.2) is 9.78 Å². The highest BCUT2D eigenvalue weighted by Crippen LogP contribution is 2.32. The summed E-state index contributed by atoms with van der Waals surface area (Å²) in [6, 6.07) is 10.7. The molecule has 35 heavy (non-hydrogen) atoms. The second kappa shape index (κ2) is 10.8. The number of likely N-dealkylation sites (tertiary alicyclic amines) is 1. The third kappa shape index (κ3) is 5.70. The lowest BCUT2D eigenvalue weighted by molar-refractivity contribution is 0.122. The lowest BCUT2D eigenvalue weighted by Gasteiger charge is -2.29. The molecule has 3 saturated heterocycles. The van der Waals surface area contributed by atoms with Crippen LogP contribution in [0, 0.1) is 12.8 Å². The van der Waals surface area contributed by atoms with Crippen LogP contribution in [-0.2, 0) is 9.47 Å². The summed E-state index contributed by atoms with van der Waals surface area (Å²) in [5.74, 6) is 2.42. The number of carbonyl (C=O) groups excluding carboxylic acids is 1. The van der Waals surface area contributed by atoms with E-state index in [1.807, 2.05) is 11.0 Å². The zero-order valence-electron chi connectivity index (χ0n) is 20.9. The molecule has 1 aromatic carbocycles. The van der Waals surface area contributed by atoms with Gasteiger partial charge in [0, 0.05) is 38.5 Å². The van der Waals surface area contributed by atoms with Gasteiger partial charge in [-0.15, -0.1) is 0 Å². The van der Waals surface area contributed by atoms with Crippen LogP contribution < -0.4 is 15.5 Å². The number of pyridine rings is 1. The highest BCUT2D eigenvalue weighted by Gasteiger charge is 2.25. The van der Waals surface area contributed by atoms with Crippen LogP contribution in [0.1, 0.15) is 31.7 Å². The van der Waals surface area contributed by atoms with Crippen molar-refractivity contribution in [1.29, 1.82) is 0 Å². The van der Waals surface area contributed by atoms with Crippen LogP contribution >= 0.6 is 0 Å². The van der Waals surface area contributed by atoms with E-state index in [0.717, 1.165) is 86.1 Å². The monoisotopic (exact) mass is 479 g/mol. The van der Waals surface area contributed by atoms with Crippen molar-refractivity contribution in [2.24, 2.45) is 5.92 Å². The summed E-state index contributed by atoms with van der Waals surface area (Å²) in [4.78, 5) is 22.0. The smallest absolute Gasteiger partial charge is 0.321 e. The van der Waals surface area contributed by atoms with Crippen molar-refractivity contribution in [3.63, 3.8) is 0 Å². The van der Waals surface area contributed by atoms with Gasteiger partial charge in [-0.1, -0.05) is 19.4 Å². The maximum atomic E-state index is 12.9. The summed E-state index contributed by atoms with van der Waals surface area (Å²) in [5, 5.41) is 6.70. The average Bonchev–Trinajstić information content (AvgIpc) is 3.58. The third-order valence-corrected chi connectivity index (χ3v) is 7.38. The van der Waals surface area contributed by atoms with E-state index in [1.54, 1.807) is 0 Å². The molecule has 3 fully saturated rings. The van der Waals surface area contributed by atoms with Crippen LogP contribution in [0.15, 0.2) is 30.3 Å². The van der Waals surface area contributed by atoms with E-state index in [-0.39, 0.29) is 12.1 Å². The summed E-state index contributed by atoms with van der Waals surface area (Å²) >= 11 is 0. The molecule has 3 aliphatic heterocycles. The molecule has 0 spiro atoms. The first kappa shape index (κ1) is 23.9. The van der Waals surface area contributed by atoms with Crippen LogP contribution in [0.3, 0.4) is 0 Å². The number of carbonyl (C=O) groups is 1. The number of benzene rings is 1. The van der Waals surface area contributed by atoms with Crippen molar-refractivity contribution in [1.82, 2.24) is 9.88 Å². The zero-order chi connectivity index (χ0) is 24.2. The number of aromatic nitrogens is 1. The Labute approximate surface area is 208 Å². The van der Waals surface area contributed by atoms with Gasteiger partial charge in [0.05, 0.1) is 25.9 Å². The molecule has 0 saturated carbocycles.